The summed E-state index contributed by atoms with van der Waals surface area (Å²) in [5.74, 6) is -1.98. The van der Waals surface area contributed by atoms with Gasteiger partial charge in [0.25, 0.3) is 0 Å². The zero-order valence-corrected chi connectivity index (χ0v) is 11.4. The molecular formula is C17H16O4. The third-order valence-corrected chi connectivity index (χ3v) is 3.32. The number of aliphatic carboxylic acids is 2. The maximum atomic E-state index is 11.1. The van der Waals surface area contributed by atoms with E-state index in [0.717, 1.165) is 11.1 Å². The predicted octanol–water partition coefficient (Wildman–Crippen LogP) is 2.92. The summed E-state index contributed by atoms with van der Waals surface area (Å²) in [7, 11) is 0. The number of rotatable bonds is 6. The lowest BCUT2D eigenvalue weighted by atomic mass is 9.88. The highest BCUT2D eigenvalue weighted by atomic mass is 16.4. The zero-order chi connectivity index (χ0) is 15.2. The maximum absolute atomic E-state index is 11.1. The Morgan fingerprint density at radius 2 is 1.38 bits per heavy atom. The molecule has 0 amide bonds. The summed E-state index contributed by atoms with van der Waals surface area (Å²) >= 11 is 0. The van der Waals surface area contributed by atoms with Gasteiger partial charge in [0.1, 0.15) is 0 Å². The van der Waals surface area contributed by atoms with Crippen LogP contribution in [0.25, 0.3) is 0 Å². The van der Waals surface area contributed by atoms with E-state index in [1.165, 1.54) is 0 Å². The van der Waals surface area contributed by atoms with Gasteiger partial charge in [-0.05, 0) is 16.7 Å². The Morgan fingerprint density at radius 1 is 0.810 bits per heavy atom. The van der Waals surface area contributed by atoms with Crippen molar-refractivity contribution in [3.8, 4) is 0 Å². The van der Waals surface area contributed by atoms with Gasteiger partial charge in [-0.3, -0.25) is 9.59 Å². The van der Waals surface area contributed by atoms with Crippen molar-refractivity contribution < 1.29 is 19.8 Å². The lowest BCUT2D eigenvalue weighted by Crippen LogP contribution is -2.08. The minimum atomic E-state index is -0.882. The molecule has 0 aromatic heterocycles. The van der Waals surface area contributed by atoms with E-state index in [1.54, 1.807) is 24.3 Å². The van der Waals surface area contributed by atoms with E-state index in [0.29, 0.717) is 5.56 Å². The smallest absolute Gasteiger partial charge is 0.307 e. The van der Waals surface area contributed by atoms with Gasteiger partial charge in [-0.1, -0.05) is 54.6 Å². The van der Waals surface area contributed by atoms with Crippen molar-refractivity contribution in [2.45, 2.75) is 18.8 Å². The van der Waals surface area contributed by atoms with Crippen molar-refractivity contribution in [2.75, 3.05) is 0 Å². The molecule has 0 saturated heterocycles. The normalized spacial score (nSPS) is 11.8. The zero-order valence-electron chi connectivity index (χ0n) is 11.4. The highest BCUT2D eigenvalue weighted by Gasteiger charge is 2.17. The summed E-state index contributed by atoms with van der Waals surface area (Å²) in [6.45, 7) is 0. The highest BCUT2D eigenvalue weighted by molar-refractivity contribution is 5.70. The fourth-order valence-electron chi connectivity index (χ4n) is 2.33. The molecule has 0 aliphatic heterocycles. The number of hydrogen-bond donors (Lipinski definition) is 2. The second-order valence-electron chi connectivity index (χ2n) is 4.87. The molecule has 2 N–H and O–H groups in total. The Morgan fingerprint density at radius 3 is 1.90 bits per heavy atom. The van der Waals surface area contributed by atoms with Crippen molar-refractivity contribution in [1.82, 2.24) is 0 Å². The lowest BCUT2D eigenvalue weighted by molar-refractivity contribution is -0.137. The molecule has 4 nitrogen and oxygen atoms in total. The van der Waals surface area contributed by atoms with Gasteiger partial charge in [0.2, 0.25) is 0 Å². The Kier molecular flexibility index (Phi) is 4.72. The second kappa shape index (κ2) is 6.70. The molecule has 0 saturated carbocycles. The molecule has 0 spiro atoms. The lowest BCUT2D eigenvalue weighted by Gasteiger charge is -2.16. The van der Waals surface area contributed by atoms with Gasteiger partial charge in [-0.25, -0.2) is 0 Å². The van der Waals surface area contributed by atoms with Gasteiger partial charge in [-0.2, -0.15) is 0 Å². The maximum Gasteiger partial charge on any atom is 0.307 e. The molecule has 0 aliphatic rings. The van der Waals surface area contributed by atoms with E-state index in [-0.39, 0.29) is 18.8 Å². The summed E-state index contributed by atoms with van der Waals surface area (Å²) < 4.78 is 0. The van der Waals surface area contributed by atoms with E-state index < -0.39 is 11.9 Å². The molecule has 0 fully saturated rings. The highest BCUT2D eigenvalue weighted by Crippen LogP contribution is 2.28. The van der Waals surface area contributed by atoms with Crippen LogP contribution in [0.3, 0.4) is 0 Å². The average Bonchev–Trinajstić information content (AvgIpc) is 2.46. The van der Waals surface area contributed by atoms with Crippen LogP contribution in [0.15, 0.2) is 54.6 Å². The van der Waals surface area contributed by atoms with Crippen molar-refractivity contribution in [3.05, 3.63) is 71.3 Å². The van der Waals surface area contributed by atoms with Crippen molar-refractivity contribution in [3.63, 3.8) is 0 Å². The van der Waals surface area contributed by atoms with Gasteiger partial charge < -0.3 is 10.2 Å². The van der Waals surface area contributed by atoms with Gasteiger partial charge in [0.15, 0.2) is 0 Å². The first-order valence-corrected chi connectivity index (χ1v) is 6.63. The van der Waals surface area contributed by atoms with E-state index in [4.69, 9.17) is 10.2 Å². The van der Waals surface area contributed by atoms with Gasteiger partial charge in [-0.15, -0.1) is 0 Å². The summed E-state index contributed by atoms with van der Waals surface area (Å²) in [4.78, 5) is 21.8. The average molecular weight is 284 g/mol. The van der Waals surface area contributed by atoms with Gasteiger partial charge in [0.05, 0.1) is 12.8 Å². The molecule has 0 aliphatic carbocycles. The molecule has 2 aromatic rings. The summed E-state index contributed by atoms with van der Waals surface area (Å²) in [6.07, 6.45) is -0.0303. The van der Waals surface area contributed by atoms with E-state index >= 15 is 0 Å². The van der Waals surface area contributed by atoms with Gasteiger partial charge in [0, 0.05) is 5.92 Å². The van der Waals surface area contributed by atoms with Crippen LogP contribution in [0.2, 0.25) is 0 Å². The topological polar surface area (TPSA) is 74.6 Å². The van der Waals surface area contributed by atoms with Crippen molar-refractivity contribution in [1.29, 1.82) is 0 Å². The van der Waals surface area contributed by atoms with Crippen LogP contribution in [-0.2, 0) is 16.0 Å². The number of benzene rings is 2. The molecule has 0 radical (unpaired) electrons. The van der Waals surface area contributed by atoms with Crippen LogP contribution < -0.4 is 0 Å². The summed E-state index contributed by atoms with van der Waals surface area (Å²) in [5, 5.41) is 17.9. The summed E-state index contributed by atoms with van der Waals surface area (Å²) in [5.41, 5.74) is 2.51. The van der Waals surface area contributed by atoms with Crippen LogP contribution in [0.5, 0.6) is 0 Å². The molecule has 0 bridgehead atoms. The number of carboxylic acids is 2. The van der Waals surface area contributed by atoms with Crippen molar-refractivity contribution in [2.24, 2.45) is 0 Å². The van der Waals surface area contributed by atoms with Gasteiger partial charge >= 0.3 is 11.9 Å². The molecule has 0 heterocycles. The van der Waals surface area contributed by atoms with Crippen LogP contribution in [0.4, 0.5) is 0 Å². The number of hydrogen-bond acceptors (Lipinski definition) is 2. The van der Waals surface area contributed by atoms with E-state index in [2.05, 4.69) is 0 Å². The van der Waals surface area contributed by atoms with Crippen LogP contribution >= 0.6 is 0 Å². The molecule has 2 rings (SSSR count). The van der Waals surface area contributed by atoms with Crippen LogP contribution in [0, 0.1) is 0 Å². The standard InChI is InChI=1S/C17H16O4/c18-16(19)10-12-6-8-14(9-7-12)15(11-17(20)21)13-4-2-1-3-5-13/h1-9,15H,10-11H2,(H,18,19)(H,20,21)/t15-/m1/s1. The SMILES string of the molecule is O=C(O)Cc1ccc([C@H](CC(=O)O)c2ccccc2)cc1. The Hall–Kier alpha value is -2.62. The fourth-order valence-corrected chi connectivity index (χ4v) is 2.33. The van der Waals surface area contributed by atoms with Crippen LogP contribution in [0.1, 0.15) is 29.0 Å². The molecule has 0 unspecified atom stereocenters. The predicted molar refractivity (Wildman–Crippen MR) is 78.3 cm³/mol. The van der Waals surface area contributed by atoms with E-state index in [9.17, 15) is 9.59 Å². The second-order valence-corrected chi connectivity index (χ2v) is 4.87. The minimum Gasteiger partial charge on any atom is -0.481 e. The molecule has 4 heteroatoms. The Labute approximate surface area is 122 Å². The Bertz CT molecular complexity index is 617. The number of carbonyl (C=O) groups is 2. The third-order valence-electron chi connectivity index (χ3n) is 3.32. The Balaban J connectivity index is 2.29. The molecule has 1 atom stereocenters. The fraction of sp³-hybridized carbons (Fsp3) is 0.176. The molecule has 2 aromatic carbocycles. The first-order chi connectivity index (χ1) is 10.1. The molecular weight excluding hydrogens is 268 g/mol. The first-order valence-electron chi connectivity index (χ1n) is 6.63. The molecule has 108 valence electrons. The largest absolute Gasteiger partial charge is 0.481 e. The van der Waals surface area contributed by atoms with Crippen LogP contribution in [-0.4, -0.2) is 22.2 Å². The molecule has 21 heavy (non-hydrogen) atoms. The quantitative estimate of drug-likeness (QED) is 0.855. The summed E-state index contributed by atoms with van der Waals surface area (Å²) in [6, 6.07) is 16.5. The third kappa shape index (κ3) is 4.18. The number of carboxylic acid groups (broad SMARTS) is 2. The van der Waals surface area contributed by atoms with E-state index in [1.807, 2.05) is 30.3 Å². The minimum absolute atomic E-state index is 0.00227. The first kappa shape index (κ1) is 14.8. The monoisotopic (exact) mass is 284 g/mol. The van der Waals surface area contributed by atoms with Crippen molar-refractivity contribution >= 4 is 11.9 Å².